The smallest absolute Gasteiger partial charge is 0.325 e. The van der Waals surface area contributed by atoms with Gasteiger partial charge in [0.2, 0.25) is 0 Å². The number of nitrogens with one attached hydrogen (secondary N) is 1. The first kappa shape index (κ1) is 22.2. The Kier molecular flexibility index (Phi) is 6.96. The van der Waals surface area contributed by atoms with Gasteiger partial charge in [-0.1, -0.05) is 39.0 Å². The minimum absolute atomic E-state index is 0.0640. The summed E-state index contributed by atoms with van der Waals surface area (Å²) in [4.78, 5) is 29.6. The van der Waals surface area contributed by atoms with Gasteiger partial charge in [0, 0.05) is 24.2 Å². The first-order valence-electron chi connectivity index (χ1n) is 10.6. The molecule has 2 aliphatic heterocycles. The van der Waals surface area contributed by atoms with Crippen molar-refractivity contribution in [3.63, 3.8) is 0 Å². The summed E-state index contributed by atoms with van der Waals surface area (Å²) in [5.74, 6) is -0.0640. The van der Waals surface area contributed by atoms with Gasteiger partial charge in [0.1, 0.15) is 5.54 Å². The zero-order chi connectivity index (χ0) is 20.3. The van der Waals surface area contributed by atoms with Gasteiger partial charge in [0.05, 0.1) is 6.61 Å². The van der Waals surface area contributed by atoms with Crippen LogP contribution in [0.5, 0.6) is 0 Å². The zero-order valence-corrected chi connectivity index (χ0v) is 17.9. The third-order valence-corrected chi connectivity index (χ3v) is 6.23. The second-order valence-corrected chi connectivity index (χ2v) is 9.59. The number of piperidine rings is 1. The van der Waals surface area contributed by atoms with Crippen LogP contribution in [-0.4, -0.2) is 63.2 Å². The zero-order valence-electron chi connectivity index (χ0n) is 17.9. The quantitative estimate of drug-likeness (QED) is 0.475. The Morgan fingerprint density at radius 1 is 0.926 bits per heavy atom. The maximum atomic E-state index is 13.3. The monoisotopic (exact) mass is 381 g/mol. The number of hydrogen-bond acceptors (Lipinski definition) is 4. The average Bonchev–Trinajstić information content (AvgIpc) is 2.76. The number of β-amino-alcohol motifs (C(OH)–C–C–N with tert-alkyl or cyclic N) is 1. The predicted molar refractivity (Wildman–Crippen MR) is 108 cm³/mol. The molecule has 27 heavy (non-hydrogen) atoms. The molecule has 0 aromatic heterocycles. The van der Waals surface area contributed by atoms with E-state index in [1.54, 1.807) is 0 Å². The number of imide groups is 1. The van der Waals surface area contributed by atoms with Gasteiger partial charge in [-0.05, 0) is 47.0 Å². The highest BCUT2D eigenvalue weighted by atomic mass is 16.3. The van der Waals surface area contributed by atoms with Crippen molar-refractivity contribution in [3.8, 4) is 0 Å². The van der Waals surface area contributed by atoms with E-state index in [0.29, 0.717) is 25.9 Å². The Balaban J connectivity index is 2.06. The van der Waals surface area contributed by atoms with E-state index >= 15 is 0 Å². The summed E-state index contributed by atoms with van der Waals surface area (Å²) in [7, 11) is 0. The summed E-state index contributed by atoms with van der Waals surface area (Å²) in [6.45, 7) is 11.8. The summed E-state index contributed by atoms with van der Waals surface area (Å²) in [5.41, 5.74) is -1.40. The molecular formula is C21H39N3O3. The van der Waals surface area contributed by atoms with Crippen molar-refractivity contribution in [1.82, 2.24) is 15.1 Å². The highest BCUT2D eigenvalue weighted by molar-refractivity contribution is 6.07. The van der Waals surface area contributed by atoms with Crippen LogP contribution in [0.15, 0.2) is 0 Å². The number of aliphatic hydroxyl groups excluding tert-OH is 1. The molecule has 0 aromatic carbocycles. The molecule has 2 fully saturated rings. The molecule has 0 saturated carbocycles. The Hall–Kier alpha value is -1.14. The number of hydrogen-bond donors (Lipinski definition) is 2. The fourth-order valence-electron chi connectivity index (χ4n) is 5.42. The lowest BCUT2D eigenvalue weighted by Gasteiger charge is -2.57. The van der Waals surface area contributed by atoms with Crippen LogP contribution in [0.4, 0.5) is 4.79 Å². The van der Waals surface area contributed by atoms with Gasteiger partial charge >= 0.3 is 6.03 Å². The normalized spacial score (nSPS) is 23.9. The Labute approximate surface area is 164 Å². The van der Waals surface area contributed by atoms with E-state index in [9.17, 15) is 14.7 Å². The van der Waals surface area contributed by atoms with Gasteiger partial charge in [-0.2, -0.15) is 0 Å². The van der Waals surface area contributed by atoms with Crippen molar-refractivity contribution in [3.05, 3.63) is 0 Å². The molecule has 0 aromatic rings. The van der Waals surface area contributed by atoms with Gasteiger partial charge < -0.3 is 10.4 Å². The number of rotatable bonds is 9. The molecule has 2 saturated heterocycles. The van der Waals surface area contributed by atoms with E-state index in [4.69, 9.17) is 0 Å². The number of likely N-dealkylation sites (tertiary alicyclic amines) is 1. The SMILES string of the molecule is CCCCCCCCN1C(=O)NC2(CC(C)(C)N(CCO)C(C)(C)C2)C1=O. The number of urea groups is 1. The molecule has 1 spiro atoms. The molecule has 0 atom stereocenters. The molecule has 156 valence electrons. The number of amides is 3. The first-order valence-corrected chi connectivity index (χ1v) is 10.6. The van der Waals surface area contributed by atoms with E-state index in [0.717, 1.165) is 12.8 Å². The number of carbonyl (C=O) groups is 2. The molecule has 6 heteroatoms. The molecular weight excluding hydrogens is 342 g/mol. The molecule has 0 radical (unpaired) electrons. The number of aliphatic hydroxyl groups is 1. The second kappa shape index (κ2) is 8.48. The van der Waals surface area contributed by atoms with Crippen LogP contribution in [0.3, 0.4) is 0 Å². The van der Waals surface area contributed by atoms with E-state index in [1.165, 1.54) is 30.6 Å². The van der Waals surface area contributed by atoms with E-state index in [1.807, 2.05) is 0 Å². The molecule has 0 bridgehead atoms. The third-order valence-electron chi connectivity index (χ3n) is 6.23. The fraction of sp³-hybridized carbons (Fsp3) is 0.905. The first-order chi connectivity index (χ1) is 12.6. The van der Waals surface area contributed by atoms with Crippen LogP contribution in [0.2, 0.25) is 0 Å². The lowest BCUT2D eigenvalue weighted by molar-refractivity contribution is -0.141. The number of carbonyl (C=O) groups excluding carboxylic acids is 2. The lowest BCUT2D eigenvalue weighted by Crippen LogP contribution is -2.70. The van der Waals surface area contributed by atoms with Crippen molar-refractivity contribution in [2.75, 3.05) is 19.7 Å². The third kappa shape index (κ3) is 4.65. The average molecular weight is 382 g/mol. The van der Waals surface area contributed by atoms with E-state index in [2.05, 4.69) is 44.8 Å². The second-order valence-electron chi connectivity index (χ2n) is 9.59. The standard InChI is InChI=1S/C21H39N3O3/c1-6-7-8-9-10-11-12-23-17(26)21(22-18(23)27)15-19(2,3)24(13-14-25)20(4,5)16-21/h25H,6-16H2,1-5H3,(H,22,27). The highest BCUT2D eigenvalue weighted by Crippen LogP contribution is 2.45. The van der Waals surface area contributed by atoms with Gasteiger partial charge in [-0.3, -0.25) is 14.6 Å². The molecule has 2 rings (SSSR count). The summed E-state index contributed by atoms with van der Waals surface area (Å²) in [6, 6.07) is -0.240. The van der Waals surface area contributed by atoms with Gasteiger partial charge in [0.15, 0.2) is 0 Å². The van der Waals surface area contributed by atoms with Gasteiger partial charge in [-0.15, -0.1) is 0 Å². The molecule has 0 unspecified atom stereocenters. The molecule has 2 N–H and O–H groups in total. The van der Waals surface area contributed by atoms with Crippen molar-refractivity contribution in [2.24, 2.45) is 0 Å². The lowest BCUT2D eigenvalue weighted by atomic mass is 9.69. The van der Waals surface area contributed by atoms with E-state index in [-0.39, 0.29) is 29.6 Å². The molecule has 2 heterocycles. The summed E-state index contributed by atoms with van der Waals surface area (Å²) < 4.78 is 0. The Bertz CT molecular complexity index is 527. The summed E-state index contributed by atoms with van der Waals surface area (Å²) >= 11 is 0. The topological polar surface area (TPSA) is 72.9 Å². The largest absolute Gasteiger partial charge is 0.395 e. The van der Waals surface area contributed by atoms with Crippen molar-refractivity contribution in [2.45, 2.75) is 103 Å². The van der Waals surface area contributed by atoms with E-state index < -0.39 is 5.54 Å². The van der Waals surface area contributed by atoms with Crippen LogP contribution in [-0.2, 0) is 4.79 Å². The van der Waals surface area contributed by atoms with Gasteiger partial charge in [-0.25, -0.2) is 4.79 Å². The van der Waals surface area contributed by atoms with Crippen LogP contribution >= 0.6 is 0 Å². The molecule has 0 aliphatic carbocycles. The number of nitrogens with zero attached hydrogens (tertiary/aromatic N) is 2. The van der Waals surface area contributed by atoms with Crippen LogP contribution in [0.25, 0.3) is 0 Å². The minimum Gasteiger partial charge on any atom is -0.395 e. The van der Waals surface area contributed by atoms with Crippen molar-refractivity contribution in [1.29, 1.82) is 0 Å². The summed E-state index contributed by atoms with van der Waals surface area (Å²) in [6.07, 6.45) is 7.94. The summed E-state index contributed by atoms with van der Waals surface area (Å²) in [5, 5.41) is 12.5. The molecule has 6 nitrogen and oxygen atoms in total. The van der Waals surface area contributed by atoms with Crippen LogP contribution in [0, 0.1) is 0 Å². The van der Waals surface area contributed by atoms with Crippen molar-refractivity contribution < 1.29 is 14.7 Å². The van der Waals surface area contributed by atoms with Gasteiger partial charge in [0.25, 0.3) is 5.91 Å². The Morgan fingerprint density at radius 2 is 1.48 bits per heavy atom. The van der Waals surface area contributed by atoms with Crippen molar-refractivity contribution >= 4 is 11.9 Å². The predicted octanol–water partition coefficient (Wildman–Crippen LogP) is 3.28. The molecule has 3 amide bonds. The van der Waals surface area contributed by atoms with Crippen LogP contribution in [0.1, 0.15) is 86.0 Å². The number of unbranched alkanes of at least 4 members (excludes halogenated alkanes) is 5. The van der Waals surface area contributed by atoms with Crippen LogP contribution < -0.4 is 5.32 Å². The molecule has 2 aliphatic rings. The highest BCUT2D eigenvalue weighted by Gasteiger charge is 2.60. The Morgan fingerprint density at radius 3 is 2.04 bits per heavy atom. The minimum atomic E-state index is -0.821. The maximum Gasteiger partial charge on any atom is 0.325 e. The fourth-order valence-corrected chi connectivity index (χ4v) is 5.42. The maximum absolute atomic E-state index is 13.3.